The molecule has 3 rings (SSSR count). The Morgan fingerprint density at radius 3 is 2.50 bits per heavy atom. The zero-order valence-electron chi connectivity index (χ0n) is 16.3. The second kappa shape index (κ2) is 8.37. The van der Waals surface area contributed by atoms with Gasteiger partial charge in [0.1, 0.15) is 5.82 Å². The molecule has 1 aliphatic heterocycles. The van der Waals surface area contributed by atoms with Crippen LogP contribution in [0.25, 0.3) is 0 Å². The minimum Gasteiger partial charge on any atom is -0.349 e. The third kappa shape index (κ3) is 3.45. The molecule has 0 atom stereocenters. The number of para-hydroxylation sites is 1. The third-order valence-corrected chi connectivity index (χ3v) is 5.64. The fourth-order valence-electron chi connectivity index (χ4n) is 3.73. The Morgan fingerprint density at radius 2 is 1.92 bits per heavy atom. The SMILES string of the molecule is CCC1(CC)CN(C(=NC)NCc2nnc(C)n2C)c2ccccc21.I. The molecule has 1 N–H and O–H groups in total. The van der Waals surface area contributed by atoms with Gasteiger partial charge in [-0.15, -0.1) is 34.2 Å². The Morgan fingerprint density at radius 1 is 1.23 bits per heavy atom. The fourth-order valence-corrected chi connectivity index (χ4v) is 3.73. The number of benzene rings is 1. The van der Waals surface area contributed by atoms with Crippen LogP contribution in [0, 0.1) is 6.92 Å². The molecule has 0 amide bonds. The molecule has 0 fully saturated rings. The van der Waals surface area contributed by atoms with Crippen molar-refractivity contribution in [3.8, 4) is 0 Å². The number of rotatable bonds is 4. The van der Waals surface area contributed by atoms with E-state index in [-0.39, 0.29) is 29.4 Å². The first-order chi connectivity index (χ1) is 12.1. The van der Waals surface area contributed by atoms with Gasteiger partial charge < -0.3 is 14.8 Å². The second-order valence-corrected chi connectivity index (χ2v) is 6.71. The summed E-state index contributed by atoms with van der Waals surface area (Å²) < 4.78 is 2.00. The summed E-state index contributed by atoms with van der Waals surface area (Å²) in [7, 11) is 3.82. The highest BCUT2D eigenvalue weighted by molar-refractivity contribution is 14.0. The first kappa shape index (κ1) is 20.7. The van der Waals surface area contributed by atoms with Gasteiger partial charge in [-0.25, -0.2) is 0 Å². The number of anilines is 1. The molecular formula is C19H29IN6. The Hall–Kier alpha value is -1.64. The molecule has 142 valence electrons. The molecule has 26 heavy (non-hydrogen) atoms. The summed E-state index contributed by atoms with van der Waals surface area (Å²) in [6.45, 7) is 8.08. The van der Waals surface area contributed by atoms with E-state index in [1.54, 1.807) is 0 Å². The normalized spacial score (nSPS) is 15.6. The van der Waals surface area contributed by atoms with Crippen molar-refractivity contribution in [2.45, 2.75) is 45.6 Å². The summed E-state index contributed by atoms with van der Waals surface area (Å²) in [4.78, 5) is 6.84. The van der Waals surface area contributed by atoms with Crippen LogP contribution in [0.15, 0.2) is 29.3 Å². The fraction of sp³-hybridized carbons (Fsp3) is 0.526. The number of fused-ring (bicyclic) bond motifs is 1. The molecule has 1 aliphatic rings. The lowest BCUT2D eigenvalue weighted by Crippen LogP contribution is -2.43. The molecule has 6 nitrogen and oxygen atoms in total. The van der Waals surface area contributed by atoms with E-state index in [1.807, 2.05) is 25.6 Å². The van der Waals surface area contributed by atoms with E-state index in [2.05, 4.69) is 63.5 Å². The Bertz CT molecular complexity index is 778. The minimum absolute atomic E-state index is 0. The van der Waals surface area contributed by atoms with Crippen LogP contribution in [0.3, 0.4) is 0 Å². The van der Waals surface area contributed by atoms with Crippen LogP contribution in [-0.4, -0.2) is 34.3 Å². The van der Waals surface area contributed by atoms with Crippen molar-refractivity contribution in [3.05, 3.63) is 41.5 Å². The van der Waals surface area contributed by atoms with E-state index in [1.165, 1.54) is 11.3 Å². The smallest absolute Gasteiger partial charge is 0.198 e. The third-order valence-electron chi connectivity index (χ3n) is 5.64. The van der Waals surface area contributed by atoms with E-state index in [0.29, 0.717) is 6.54 Å². The predicted molar refractivity (Wildman–Crippen MR) is 117 cm³/mol. The molecule has 7 heteroatoms. The Kier molecular flexibility index (Phi) is 6.65. The summed E-state index contributed by atoms with van der Waals surface area (Å²) in [6.07, 6.45) is 2.24. The molecule has 0 saturated carbocycles. The largest absolute Gasteiger partial charge is 0.349 e. The summed E-state index contributed by atoms with van der Waals surface area (Å²) in [5.41, 5.74) is 2.88. The average molecular weight is 468 g/mol. The summed E-state index contributed by atoms with van der Waals surface area (Å²) in [5.74, 6) is 2.70. The van der Waals surface area contributed by atoms with E-state index in [9.17, 15) is 0 Å². The molecule has 0 saturated heterocycles. The van der Waals surface area contributed by atoms with Crippen LogP contribution in [0.2, 0.25) is 0 Å². The van der Waals surface area contributed by atoms with E-state index in [4.69, 9.17) is 0 Å². The molecule has 1 aromatic carbocycles. The van der Waals surface area contributed by atoms with Gasteiger partial charge in [-0.1, -0.05) is 32.0 Å². The molecule has 0 radical (unpaired) electrons. The molecule has 2 aromatic rings. The van der Waals surface area contributed by atoms with Crippen LogP contribution < -0.4 is 10.2 Å². The standard InChI is InChI=1S/C19H28N6.HI/c1-6-19(7-2)13-25(16-11-9-8-10-15(16)19)18(20-4)21-12-17-23-22-14(3)24(17)5;/h8-11H,6-7,12-13H2,1-5H3,(H,20,21);1H. The number of hydrogen-bond donors (Lipinski definition) is 1. The van der Waals surface area contributed by atoms with Crippen molar-refractivity contribution >= 4 is 35.6 Å². The first-order valence-corrected chi connectivity index (χ1v) is 8.99. The molecular weight excluding hydrogens is 439 g/mol. The van der Waals surface area contributed by atoms with Crippen LogP contribution in [-0.2, 0) is 19.0 Å². The molecule has 0 spiro atoms. The maximum Gasteiger partial charge on any atom is 0.198 e. The van der Waals surface area contributed by atoms with Gasteiger partial charge in [0.05, 0.1) is 6.54 Å². The number of nitrogens with zero attached hydrogens (tertiary/aromatic N) is 5. The molecule has 2 heterocycles. The minimum atomic E-state index is 0. The summed E-state index contributed by atoms with van der Waals surface area (Å²) in [5, 5.41) is 11.8. The van der Waals surface area contributed by atoms with Crippen LogP contribution in [0.4, 0.5) is 5.69 Å². The van der Waals surface area contributed by atoms with Gasteiger partial charge in [0.2, 0.25) is 0 Å². The first-order valence-electron chi connectivity index (χ1n) is 8.99. The molecule has 0 bridgehead atoms. The van der Waals surface area contributed by atoms with Crippen molar-refractivity contribution in [2.24, 2.45) is 12.0 Å². The van der Waals surface area contributed by atoms with Crippen molar-refractivity contribution < 1.29 is 0 Å². The maximum absolute atomic E-state index is 4.53. The van der Waals surface area contributed by atoms with Crippen LogP contribution >= 0.6 is 24.0 Å². The second-order valence-electron chi connectivity index (χ2n) is 6.71. The van der Waals surface area contributed by atoms with Crippen molar-refractivity contribution in [1.82, 2.24) is 20.1 Å². The van der Waals surface area contributed by atoms with Gasteiger partial charge in [-0.2, -0.15) is 0 Å². The van der Waals surface area contributed by atoms with Gasteiger partial charge in [-0.05, 0) is 31.4 Å². The highest BCUT2D eigenvalue weighted by Gasteiger charge is 2.41. The zero-order valence-corrected chi connectivity index (χ0v) is 18.6. The molecule has 0 aliphatic carbocycles. The highest BCUT2D eigenvalue weighted by Crippen LogP contribution is 2.44. The predicted octanol–water partition coefficient (Wildman–Crippen LogP) is 3.39. The number of nitrogens with one attached hydrogen (secondary N) is 1. The number of aliphatic imine (C=N–C) groups is 1. The Balaban J connectivity index is 0.00000243. The molecule has 1 aromatic heterocycles. The highest BCUT2D eigenvalue weighted by atomic mass is 127. The number of aromatic nitrogens is 3. The summed E-state index contributed by atoms with van der Waals surface area (Å²) in [6, 6.07) is 8.71. The van der Waals surface area contributed by atoms with Crippen molar-refractivity contribution in [3.63, 3.8) is 0 Å². The zero-order chi connectivity index (χ0) is 18.0. The average Bonchev–Trinajstić information content (AvgIpc) is 3.15. The van der Waals surface area contributed by atoms with Crippen molar-refractivity contribution in [2.75, 3.05) is 18.5 Å². The number of hydrogen-bond acceptors (Lipinski definition) is 3. The van der Waals surface area contributed by atoms with Gasteiger partial charge in [0.15, 0.2) is 11.8 Å². The van der Waals surface area contributed by atoms with E-state index in [0.717, 1.165) is 37.0 Å². The van der Waals surface area contributed by atoms with E-state index >= 15 is 0 Å². The van der Waals surface area contributed by atoms with Gasteiger partial charge in [0.25, 0.3) is 0 Å². The number of halogens is 1. The van der Waals surface area contributed by atoms with Crippen molar-refractivity contribution in [1.29, 1.82) is 0 Å². The Labute approximate surface area is 173 Å². The molecule has 0 unspecified atom stereocenters. The summed E-state index contributed by atoms with van der Waals surface area (Å²) >= 11 is 0. The number of aryl methyl sites for hydroxylation is 1. The van der Waals surface area contributed by atoms with E-state index < -0.39 is 0 Å². The quantitative estimate of drug-likeness (QED) is 0.425. The lowest BCUT2D eigenvalue weighted by atomic mass is 9.78. The van der Waals surface area contributed by atoms with Crippen LogP contribution in [0.1, 0.15) is 43.9 Å². The maximum atomic E-state index is 4.53. The lowest BCUT2D eigenvalue weighted by Gasteiger charge is -2.28. The van der Waals surface area contributed by atoms with Crippen LogP contribution in [0.5, 0.6) is 0 Å². The topological polar surface area (TPSA) is 58.3 Å². The van der Waals surface area contributed by atoms with Gasteiger partial charge >= 0.3 is 0 Å². The van der Waals surface area contributed by atoms with Gasteiger partial charge in [0, 0.05) is 31.7 Å². The van der Waals surface area contributed by atoms with Gasteiger partial charge in [-0.3, -0.25) is 4.99 Å². The number of guanidine groups is 1. The monoisotopic (exact) mass is 468 g/mol. The lowest BCUT2D eigenvalue weighted by molar-refractivity contribution is 0.428.